The first-order valence-corrected chi connectivity index (χ1v) is 9.38. The maximum atomic E-state index is 12.9. The highest BCUT2D eigenvalue weighted by Gasteiger charge is 2.19. The molecule has 1 atom stereocenters. The maximum absolute atomic E-state index is 12.9. The zero-order valence-electron chi connectivity index (χ0n) is 16.3. The first-order chi connectivity index (χ1) is 13.6. The summed E-state index contributed by atoms with van der Waals surface area (Å²) in [5.74, 6) is 0.715. The number of rotatable bonds is 6. The number of fused-ring (bicyclic) bond motifs is 2. The van der Waals surface area contributed by atoms with E-state index in [0.29, 0.717) is 18.7 Å². The van der Waals surface area contributed by atoms with Gasteiger partial charge in [-0.05, 0) is 42.6 Å². The molecule has 6 nitrogen and oxygen atoms in total. The van der Waals surface area contributed by atoms with E-state index in [1.165, 1.54) is 0 Å². The number of aryl methyl sites for hydroxylation is 1. The van der Waals surface area contributed by atoms with Crippen LogP contribution in [-0.4, -0.2) is 33.7 Å². The number of para-hydroxylation sites is 2. The number of nitrogens with one attached hydrogen (secondary N) is 1. The van der Waals surface area contributed by atoms with E-state index in [4.69, 9.17) is 9.72 Å². The van der Waals surface area contributed by atoms with Crippen LogP contribution in [0.2, 0.25) is 0 Å². The fourth-order valence-corrected chi connectivity index (χ4v) is 3.59. The number of imidazole rings is 1. The summed E-state index contributed by atoms with van der Waals surface area (Å²) in [6.07, 6.45) is 1.99. The molecule has 0 saturated carbocycles. The van der Waals surface area contributed by atoms with Gasteiger partial charge in [-0.2, -0.15) is 0 Å². The second-order valence-electron chi connectivity index (χ2n) is 7.00. The molecule has 144 valence electrons. The molecule has 0 saturated heterocycles. The number of ether oxygens (including phenoxy) is 1. The van der Waals surface area contributed by atoms with Crippen molar-refractivity contribution in [3.8, 4) is 0 Å². The molecule has 1 unspecified atom stereocenters. The lowest BCUT2D eigenvalue weighted by atomic mass is 10.1. The standard InChI is InChI=1S/C22H24N4O2/c1-15(21-24-18-6-4-5-7-19(18)26(21)12-13-28-3)23-22(27)17-9-8-16-10-11-25(2)20(16)14-17/h4-11,14-15H,12-13H2,1-3H3,(H,23,27). The molecule has 1 N–H and O–H groups in total. The first-order valence-electron chi connectivity index (χ1n) is 9.38. The number of nitrogens with zero attached hydrogens (tertiary/aromatic N) is 3. The number of benzene rings is 2. The predicted molar refractivity (Wildman–Crippen MR) is 110 cm³/mol. The van der Waals surface area contributed by atoms with Gasteiger partial charge in [0.25, 0.3) is 5.91 Å². The van der Waals surface area contributed by atoms with Crippen molar-refractivity contribution in [2.75, 3.05) is 13.7 Å². The lowest BCUT2D eigenvalue weighted by molar-refractivity contribution is 0.0937. The van der Waals surface area contributed by atoms with Gasteiger partial charge in [-0.15, -0.1) is 0 Å². The molecule has 4 aromatic rings. The smallest absolute Gasteiger partial charge is 0.251 e. The molecule has 0 bridgehead atoms. The lowest BCUT2D eigenvalue weighted by Gasteiger charge is -2.16. The van der Waals surface area contributed by atoms with E-state index in [9.17, 15) is 4.79 Å². The molecule has 0 radical (unpaired) electrons. The van der Waals surface area contributed by atoms with Gasteiger partial charge in [0, 0.05) is 38.0 Å². The van der Waals surface area contributed by atoms with E-state index in [0.717, 1.165) is 27.8 Å². The molecule has 2 aromatic heterocycles. The Kier molecular flexibility index (Phi) is 4.88. The summed E-state index contributed by atoms with van der Waals surface area (Å²) in [5.41, 5.74) is 3.63. The minimum atomic E-state index is -0.235. The van der Waals surface area contributed by atoms with Crippen LogP contribution in [0.3, 0.4) is 0 Å². The zero-order valence-corrected chi connectivity index (χ0v) is 16.3. The van der Waals surface area contributed by atoms with Gasteiger partial charge in [0.1, 0.15) is 5.82 Å². The van der Waals surface area contributed by atoms with E-state index < -0.39 is 0 Å². The average Bonchev–Trinajstić information content (AvgIpc) is 3.26. The molecule has 1 amide bonds. The van der Waals surface area contributed by atoms with E-state index in [1.807, 2.05) is 73.3 Å². The second kappa shape index (κ2) is 7.48. The van der Waals surface area contributed by atoms with E-state index in [-0.39, 0.29) is 11.9 Å². The van der Waals surface area contributed by atoms with Gasteiger partial charge in [-0.1, -0.05) is 18.2 Å². The largest absolute Gasteiger partial charge is 0.383 e. The van der Waals surface area contributed by atoms with Crippen molar-refractivity contribution in [2.45, 2.75) is 19.5 Å². The third-order valence-corrected chi connectivity index (χ3v) is 5.09. The Hall–Kier alpha value is -3.12. The van der Waals surface area contributed by atoms with Crippen molar-refractivity contribution < 1.29 is 9.53 Å². The van der Waals surface area contributed by atoms with Crippen molar-refractivity contribution in [1.82, 2.24) is 19.4 Å². The summed E-state index contributed by atoms with van der Waals surface area (Å²) in [6, 6.07) is 15.6. The Morgan fingerprint density at radius 3 is 2.82 bits per heavy atom. The van der Waals surface area contributed by atoms with Crippen molar-refractivity contribution >= 4 is 27.8 Å². The molecular weight excluding hydrogens is 352 g/mol. The fourth-order valence-electron chi connectivity index (χ4n) is 3.59. The molecule has 4 rings (SSSR count). The molecule has 2 heterocycles. The van der Waals surface area contributed by atoms with Crippen LogP contribution in [0.4, 0.5) is 0 Å². The monoisotopic (exact) mass is 376 g/mol. The van der Waals surface area contributed by atoms with Crippen LogP contribution < -0.4 is 5.32 Å². The van der Waals surface area contributed by atoms with Gasteiger partial charge in [0.15, 0.2) is 0 Å². The normalized spacial score (nSPS) is 12.5. The Morgan fingerprint density at radius 2 is 2.00 bits per heavy atom. The van der Waals surface area contributed by atoms with Crippen molar-refractivity contribution in [1.29, 1.82) is 0 Å². The minimum absolute atomic E-state index is 0.110. The lowest BCUT2D eigenvalue weighted by Crippen LogP contribution is -2.29. The topological polar surface area (TPSA) is 61.1 Å². The van der Waals surface area contributed by atoms with Gasteiger partial charge < -0.3 is 19.2 Å². The number of methoxy groups -OCH3 is 1. The molecule has 0 aliphatic rings. The summed E-state index contributed by atoms with van der Waals surface area (Å²) in [6.45, 7) is 3.23. The third kappa shape index (κ3) is 3.27. The third-order valence-electron chi connectivity index (χ3n) is 5.09. The van der Waals surface area contributed by atoms with Crippen LogP contribution in [0, 0.1) is 0 Å². The first kappa shape index (κ1) is 18.3. The highest BCUT2D eigenvalue weighted by Crippen LogP contribution is 2.22. The predicted octanol–water partition coefficient (Wildman–Crippen LogP) is 3.67. The molecule has 2 aromatic carbocycles. The molecule has 0 fully saturated rings. The number of hydrogen-bond acceptors (Lipinski definition) is 3. The Bertz CT molecular complexity index is 1140. The number of hydrogen-bond donors (Lipinski definition) is 1. The van der Waals surface area contributed by atoms with Crippen molar-refractivity contribution in [2.24, 2.45) is 7.05 Å². The number of aromatic nitrogens is 3. The van der Waals surface area contributed by atoms with Gasteiger partial charge in [-0.25, -0.2) is 4.98 Å². The van der Waals surface area contributed by atoms with E-state index in [2.05, 4.69) is 9.88 Å². The number of amides is 1. The summed E-state index contributed by atoms with van der Waals surface area (Å²) in [7, 11) is 3.66. The average molecular weight is 376 g/mol. The van der Waals surface area contributed by atoms with Crippen LogP contribution in [0.5, 0.6) is 0 Å². The Morgan fingerprint density at radius 1 is 1.18 bits per heavy atom. The fraction of sp³-hybridized carbons (Fsp3) is 0.273. The van der Waals surface area contributed by atoms with E-state index >= 15 is 0 Å². The van der Waals surface area contributed by atoms with Crippen LogP contribution >= 0.6 is 0 Å². The second-order valence-corrected chi connectivity index (χ2v) is 7.00. The van der Waals surface area contributed by atoms with Crippen LogP contribution in [0.15, 0.2) is 54.7 Å². The maximum Gasteiger partial charge on any atom is 0.251 e. The molecule has 0 aliphatic carbocycles. The molecular formula is C22H24N4O2. The Labute approximate surface area is 163 Å². The van der Waals surface area contributed by atoms with Gasteiger partial charge in [-0.3, -0.25) is 4.79 Å². The summed E-state index contributed by atoms with van der Waals surface area (Å²) in [5, 5.41) is 4.21. The van der Waals surface area contributed by atoms with Crippen LogP contribution in [0.25, 0.3) is 21.9 Å². The molecule has 28 heavy (non-hydrogen) atoms. The summed E-state index contributed by atoms with van der Waals surface area (Å²) >= 11 is 0. The minimum Gasteiger partial charge on any atom is -0.383 e. The van der Waals surface area contributed by atoms with Crippen molar-refractivity contribution in [3.05, 3.63) is 66.1 Å². The van der Waals surface area contributed by atoms with E-state index in [1.54, 1.807) is 7.11 Å². The molecule has 6 heteroatoms. The summed E-state index contributed by atoms with van der Waals surface area (Å²) < 4.78 is 9.38. The SMILES string of the molecule is COCCn1c(C(C)NC(=O)c2ccc3ccn(C)c3c2)nc2ccccc21. The van der Waals surface area contributed by atoms with Gasteiger partial charge in [0.2, 0.25) is 0 Å². The number of carbonyl (C=O) groups excluding carboxylic acids is 1. The van der Waals surface area contributed by atoms with Crippen molar-refractivity contribution in [3.63, 3.8) is 0 Å². The summed E-state index contributed by atoms with van der Waals surface area (Å²) in [4.78, 5) is 17.6. The van der Waals surface area contributed by atoms with Crippen LogP contribution in [-0.2, 0) is 18.3 Å². The highest BCUT2D eigenvalue weighted by atomic mass is 16.5. The quantitative estimate of drug-likeness (QED) is 0.559. The zero-order chi connectivity index (χ0) is 19.7. The van der Waals surface area contributed by atoms with Gasteiger partial charge in [0.05, 0.1) is 23.7 Å². The molecule has 0 aliphatic heterocycles. The number of carbonyl (C=O) groups is 1. The molecule has 0 spiro atoms. The highest BCUT2D eigenvalue weighted by molar-refractivity contribution is 5.98. The Balaban J connectivity index is 1.62. The van der Waals surface area contributed by atoms with Gasteiger partial charge >= 0.3 is 0 Å². The van der Waals surface area contributed by atoms with Crippen LogP contribution in [0.1, 0.15) is 29.1 Å².